The lowest BCUT2D eigenvalue weighted by Gasteiger charge is -2.13. The number of carbonyl (C=O) groups excluding carboxylic acids is 1. The van der Waals surface area contributed by atoms with Gasteiger partial charge in [-0.15, -0.1) is 0 Å². The van der Waals surface area contributed by atoms with E-state index in [4.69, 9.17) is 4.74 Å². The van der Waals surface area contributed by atoms with E-state index in [0.29, 0.717) is 13.0 Å². The lowest BCUT2D eigenvalue weighted by atomic mass is 10.1. The van der Waals surface area contributed by atoms with Crippen molar-refractivity contribution in [1.82, 2.24) is 4.57 Å². The standard InChI is InChI=1S/C14H17NO2/c1-3-17-14(8-9-16)12-10-15(2)13-7-5-4-6-11(12)13/h4-7,9-10,14H,3,8H2,1-2H3. The molecule has 1 atom stereocenters. The van der Waals surface area contributed by atoms with Crippen molar-refractivity contribution in [2.75, 3.05) is 6.61 Å². The van der Waals surface area contributed by atoms with Crippen molar-refractivity contribution in [3.05, 3.63) is 36.0 Å². The zero-order valence-electron chi connectivity index (χ0n) is 10.2. The number of nitrogens with zero attached hydrogens (tertiary/aromatic N) is 1. The summed E-state index contributed by atoms with van der Waals surface area (Å²) >= 11 is 0. The molecule has 0 N–H and O–H groups in total. The third kappa shape index (κ3) is 2.24. The van der Waals surface area contributed by atoms with Gasteiger partial charge in [-0.3, -0.25) is 0 Å². The molecule has 1 aromatic heterocycles. The van der Waals surface area contributed by atoms with Crippen LogP contribution in [0.1, 0.15) is 25.0 Å². The topological polar surface area (TPSA) is 31.2 Å². The highest BCUT2D eigenvalue weighted by molar-refractivity contribution is 5.84. The van der Waals surface area contributed by atoms with Crippen molar-refractivity contribution in [3.63, 3.8) is 0 Å². The molecule has 0 amide bonds. The van der Waals surface area contributed by atoms with Gasteiger partial charge < -0.3 is 14.1 Å². The number of benzene rings is 1. The molecule has 17 heavy (non-hydrogen) atoms. The molecule has 1 heterocycles. The number of aldehydes is 1. The maximum atomic E-state index is 10.7. The second kappa shape index (κ2) is 5.15. The van der Waals surface area contributed by atoms with E-state index in [1.165, 1.54) is 0 Å². The van der Waals surface area contributed by atoms with E-state index in [9.17, 15) is 4.79 Å². The Balaban J connectivity index is 2.48. The normalized spacial score (nSPS) is 12.8. The summed E-state index contributed by atoms with van der Waals surface area (Å²) in [5, 5.41) is 1.16. The van der Waals surface area contributed by atoms with Gasteiger partial charge in [0, 0.05) is 42.7 Å². The first-order chi connectivity index (χ1) is 8.27. The minimum absolute atomic E-state index is 0.136. The van der Waals surface area contributed by atoms with Crippen LogP contribution in [0.2, 0.25) is 0 Å². The maximum absolute atomic E-state index is 10.7. The number of aryl methyl sites for hydroxylation is 1. The number of aromatic nitrogens is 1. The molecule has 0 saturated heterocycles. The van der Waals surface area contributed by atoms with Crippen LogP contribution in [0.25, 0.3) is 10.9 Å². The fraction of sp³-hybridized carbons (Fsp3) is 0.357. The summed E-state index contributed by atoms with van der Waals surface area (Å²) in [5.41, 5.74) is 2.26. The molecule has 90 valence electrons. The summed E-state index contributed by atoms with van der Waals surface area (Å²) in [6.45, 7) is 2.56. The van der Waals surface area contributed by atoms with Crippen LogP contribution in [0.15, 0.2) is 30.5 Å². The van der Waals surface area contributed by atoms with Gasteiger partial charge in [-0.05, 0) is 13.0 Å². The number of carbonyl (C=O) groups is 1. The minimum Gasteiger partial charge on any atom is -0.373 e. The average Bonchev–Trinajstić information content (AvgIpc) is 2.67. The summed E-state index contributed by atoms with van der Waals surface area (Å²) in [6, 6.07) is 8.17. The first-order valence-electron chi connectivity index (χ1n) is 5.87. The smallest absolute Gasteiger partial charge is 0.122 e. The minimum atomic E-state index is -0.136. The van der Waals surface area contributed by atoms with Gasteiger partial charge in [-0.25, -0.2) is 0 Å². The third-order valence-electron chi connectivity index (χ3n) is 2.95. The van der Waals surface area contributed by atoms with Gasteiger partial charge in [0.1, 0.15) is 6.29 Å². The Kier molecular flexibility index (Phi) is 3.59. The average molecular weight is 231 g/mol. The van der Waals surface area contributed by atoms with Crippen molar-refractivity contribution >= 4 is 17.2 Å². The van der Waals surface area contributed by atoms with Gasteiger partial charge in [0.25, 0.3) is 0 Å². The molecule has 0 aliphatic carbocycles. The lowest BCUT2D eigenvalue weighted by Crippen LogP contribution is -2.04. The summed E-state index contributed by atoms with van der Waals surface area (Å²) in [6.07, 6.45) is 3.24. The Morgan fingerprint density at radius 1 is 1.41 bits per heavy atom. The van der Waals surface area contributed by atoms with Crippen LogP contribution < -0.4 is 0 Å². The zero-order valence-corrected chi connectivity index (χ0v) is 10.2. The molecule has 0 bridgehead atoms. The molecule has 2 aromatic rings. The first kappa shape index (κ1) is 11.9. The van der Waals surface area contributed by atoms with E-state index in [-0.39, 0.29) is 6.10 Å². The van der Waals surface area contributed by atoms with Crippen molar-refractivity contribution in [3.8, 4) is 0 Å². The van der Waals surface area contributed by atoms with E-state index in [0.717, 1.165) is 22.8 Å². The van der Waals surface area contributed by atoms with Crippen LogP contribution in [0.5, 0.6) is 0 Å². The molecule has 0 radical (unpaired) electrons. The molecule has 3 nitrogen and oxygen atoms in total. The van der Waals surface area contributed by atoms with Gasteiger partial charge >= 0.3 is 0 Å². The van der Waals surface area contributed by atoms with Gasteiger partial charge in [-0.2, -0.15) is 0 Å². The van der Waals surface area contributed by atoms with Crippen LogP contribution in [-0.2, 0) is 16.6 Å². The summed E-state index contributed by atoms with van der Waals surface area (Å²) in [5.74, 6) is 0. The maximum Gasteiger partial charge on any atom is 0.122 e. The van der Waals surface area contributed by atoms with Crippen molar-refractivity contribution < 1.29 is 9.53 Å². The highest BCUT2D eigenvalue weighted by Gasteiger charge is 2.16. The largest absolute Gasteiger partial charge is 0.373 e. The molecule has 2 rings (SSSR count). The van der Waals surface area contributed by atoms with E-state index < -0.39 is 0 Å². The second-order valence-electron chi connectivity index (χ2n) is 4.06. The molecule has 0 aliphatic heterocycles. The zero-order chi connectivity index (χ0) is 12.3. The van der Waals surface area contributed by atoms with Gasteiger partial charge in [0.05, 0.1) is 6.10 Å². The van der Waals surface area contributed by atoms with Crippen LogP contribution >= 0.6 is 0 Å². The number of fused-ring (bicyclic) bond motifs is 1. The molecule has 0 fully saturated rings. The monoisotopic (exact) mass is 231 g/mol. The third-order valence-corrected chi connectivity index (χ3v) is 2.95. The predicted octanol–water partition coefficient (Wildman–Crippen LogP) is 2.84. The highest BCUT2D eigenvalue weighted by Crippen LogP contribution is 2.29. The fourth-order valence-corrected chi connectivity index (χ4v) is 2.20. The van der Waals surface area contributed by atoms with Crippen LogP contribution in [-0.4, -0.2) is 17.5 Å². The number of para-hydroxylation sites is 1. The molecule has 0 spiro atoms. The highest BCUT2D eigenvalue weighted by atomic mass is 16.5. The Labute approximate surface area is 101 Å². The van der Waals surface area contributed by atoms with Gasteiger partial charge in [0.2, 0.25) is 0 Å². The van der Waals surface area contributed by atoms with Gasteiger partial charge in [-0.1, -0.05) is 18.2 Å². The van der Waals surface area contributed by atoms with Crippen molar-refractivity contribution in [1.29, 1.82) is 0 Å². The lowest BCUT2D eigenvalue weighted by molar-refractivity contribution is -0.110. The van der Waals surface area contributed by atoms with Crippen LogP contribution in [0, 0.1) is 0 Å². The molecular weight excluding hydrogens is 214 g/mol. The number of hydrogen-bond acceptors (Lipinski definition) is 2. The molecule has 0 saturated carbocycles. The summed E-state index contributed by atoms with van der Waals surface area (Å²) < 4.78 is 7.72. The Morgan fingerprint density at radius 2 is 2.18 bits per heavy atom. The van der Waals surface area contributed by atoms with E-state index in [1.807, 2.05) is 26.1 Å². The molecule has 0 aliphatic rings. The summed E-state index contributed by atoms with van der Waals surface area (Å²) in [4.78, 5) is 10.7. The number of hydrogen-bond donors (Lipinski definition) is 0. The SMILES string of the molecule is CCOC(CC=O)c1cn(C)c2ccccc12. The summed E-state index contributed by atoms with van der Waals surface area (Å²) in [7, 11) is 2.01. The van der Waals surface area contributed by atoms with Crippen molar-refractivity contribution in [2.45, 2.75) is 19.4 Å². The van der Waals surface area contributed by atoms with Gasteiger partial charge in [0.15, 0.2) is 0 Å². The Bertz CT molecular complexity index is 516. The first-order valence-corrected chi connectivity index (χ1v) is 5.87. The van der Waals surface area contributed by atoms with Crippen LogP contribution in [0.4, 0.5) is 0 Å². The molecule has 1 unspecified atom stereocenters. The Morgan fingerprint density at radius 3 is 2.88 bits per heavy atom. The van der Waals surface area contributed by atoms with Crippen molar-refractivity contribution in [2.24, 2.45) is 7.05 Å². The van der Waals surface area contributed by atoms with E-state index >= 15 is 0 Å². The quantitative estimate of drug-likeness (QED) is 0.741. The van der Waals surface area contributed by atoms with E-state index in [2.05, 4.69) is 22.9 Å². The molecule has 1 aromatic carbocycles. The predicted molar refractivity (Wildman–Crippen MR) is 68.0 cm³/mol. The van der Waals surface area contributed by atoms with Crippen LogP contribution in [0.3, 0.4) is 0 Å². The van der Waals surface area contributed by atoms with E-state index in [1.54, 1.807) is 0 Å². The second-order valence-corrected chi connectivity index (χ2v) is 4.06. The number of rotatable bonds is 5. The molecule has 3 heteroatoms. The number of ether oxygens (including phenoxy) is 1. The Hall–Kier alpha value is -1.61. The molecular formula is C14H17NO2. The fourth-order valence-electron chi connectivity index (χ4n) is 2.20.